The highest BCUT2D eigenvalue weighted by molar-refractivity contribution is 6.10. The molecule has 4 fully saturated rings. The van der Waals surface area contributed by atoms with Crippen molar-refractivity contribution in [3.05, 3.63) is 132 Å². The van der Waals surface area contributed by atoms with Gasteiger partial charge in [0.15, 0.2) is 17.5 Å². The zero-order valence-electron chi connectivity index (χ0n) is 27.3. The van der Waals surface area contributed by atoms with E-state index in [0.29, 0.717) is 28.5 Å². The van der Waals surface area contributed by atoms with Crippen molar-refractivity contribution < 1.29 is 0 Å². The van der Waals surface area contributed by atoms with Gasteiger partial charge in [-0.25, -0.2) is 15.0 Å². The summed E-state index contributed by atoms with van der Waals surface area (Å²) in [7, 11) is 0. The fourth-order valence-corrected chi connectivity index (χ4v) is 9.86. The van der Waals surface area contributed by atoms with E-state index < -0.39 is 0 Å². The molecule has 4 bridgehead atoms. The fraction of sp³-hybridized carbons (Fsp3) is 0.227. The average Bonchev–Trinajstić information content (AvgIpc) is 3.48. The Hall–Kier alpha value is -5.60. The Morgan fingerprint density at radius 1 is 0.551 bits per heavy atom. The van der Waals surface area contributed by atoms with Crippen LogP contribution in [0, 0.1) is 29.1 Å². The maximum absolute atomic E-state index is 9.36. The summed E-state index contributed by atoms with van der Waals surface area (Å²) < 4.78 is 2.26. The second-order valence-corrected chi connectivity index (χ2v) is 14.7. The predicted octanol–water partition coefficient (Wildman–Crippen LogP) is 10.3. The third-order valence-electron chi connectivity index (χ3n) is 11.6. The van der Waals surface area contributed by atoms with Crippen LogP contribution in [0.25, 0.3) is 61.7 Å². The number of hydrogen-bond donors (Lipinski definition) is 0. The van der Waals surface area contributed by atoms with Crippen molar-refractivity contribution in [2.24, 2.45) is 17.8 Å². The van der Waals surface area contributed by atoms with Gasteiger partial charge in [-0.05, 0) is 116 Å². The quantitative estimate of drug-likeness (QED) is 0.189. The van der Waals surface area contributed by atoms with Crippen molar-refractivity contribution in [2.75, 3.05) is 0 Å². The van der Waals surface area contributed by atoms with Crippen molar-refractivity contribution >= 4 is 21.8 Å². The molecule has 2 aromatic heterocycles. The molecule has 0 radical (unpaired) electrons. The Labute approximate surface area is 285 Å². The molecule has 11 rings (SSSR count). The molecule has 0 atom stereocenters. The molecule has 5 aromatic carbocycles. The average molecular weight is 634 g/mol. The van der Waals surface area contributed by atoms with E-state index in [9.17, 15) is 5.26 Å². The molecule has 49 heavy (non-hydrogen) atoms. The SMILES string of the molecule is N#Cc1ccc(-n2c3ccccc3c3cc(-c4nc(-c5ccccc5)nc(-c5ccc(C67C[C@H]8C[C@@H](C6)C[C@@H](C7)C8)cc5)n4)ccc32)cc1. The summed E-state index contributed by atoms with van der Waals surface area (Å²) in [6, 6.07) is 44.4. The van der Waals surface area contributed by atoms with Crippen LogP contribution in [-0.2, 0) is 5.41 Å². The van der Waals surface area contributed by atoms with Gasteiger partial charge in [-0.15, -0.1) is 0 Å². The summed E-state index contributed by atoms with van der Waals surface area (Å²) in [4.78, 5) is 15.2. The highest BCUT2D eigenvalue weighted by atomic mass is 15.0. The summed E-state index contributed by atoms with van der Waals surface area (Å²) in [6.07, 6.45) is 8.43. The lowest BCUT2D eigenvalue weighted by Gasteiger charge is -2.57. The summed E-state index contributed by atoms with van der Waals surface area (Å²) in [6.45, 7) is 0. The molecule has 5 nitrogen and oxygen atoms in total. The first-order chi connectivity index (χ1) is 24.1. The van der Waals surface area contributed by atoms with Gasteiger partial charge in [0.2, 0.25) is 0 Å². The maximum Gasteiger partial charge on any atom is 0.164 e. The van der Waals surface area contributed by atoms with E-state index in [-0.39, 0.29) is 0 Å². The number of hydrogen-bond acceptors (Lipinski definition) is 4. The number of benzene rings is 5. The monoisotopic (exact) mass is 633 g/mol. The molecule has 0 N–H and O–H groups in total. The standard InChI is InChI=1S/C44H35N5/c45-27-28-10-17-36(18-11-28)49-39-9-5-4-8-37(39)38-23-34(14-19-40(38)49)43-47-41(32-6-2-1-3-7-32)46-42(48-43)33-12-15-35(16-13-33)44-24-29-20-30(25-44)22-31(21-29)26-44/h1-19,23,29-31H,20-22,24-26H2/t29-,30+,31-,44?. The van der Waals surface area contributed by atoms with Crippen LogP contribution in [0.4, 0.5) is 0 Å². The first-order valence-electron chi connectivity index (χ1n) is 17.6. The van der Waals surface area contributed by atoms with Crippen molar-refractivity contribution in [3.63, 3.8) is 0 Å². The summed E-state index contributed by atoms with van der Waals surface area (Å²) in [5.74, 6) is 4.78. The largest absolute Gasteiger partial charge is 0.309 e. The molecule has 0 spiro atoms. The zero-order chi connectivity index (χ0) is 32.5. The molecule has 5 heteroatoms. The van der Waals surface area contributed by atoms with Gasteiger partial charge in [0, 0.05) is 33.2 Å². The van der Waals surface area contributed by atoms with Crippen molar-refractivity contribution in [1.82, 2.24) is 19.5 Å². The van der Waals surface area contributed by atoms with Gasteiger partial charge in [0.25, 0.3) is 0 Å². The highest BCUT2D eigenvalue weighted by Crippen LogP contribution is 2.60. The van der Waals surface area contributed by atoms with Gasteiger partial charge in [-0.2, -0.15) is 5.26 Å². The number of rotatable bonds is 5. The first kappa shape index (κ1) is 28.4. The Morgan fingerprint density at radius 3 is 1.76 bits per heavy atom. The Bertz CT molecular complexity index is 2380. The first-order valence-corrected chi connectivity index (χ1v) is 17.6. The summed E-state index contributed by atoms with van der Waals surface area (Å²) >= 11 is 0. The highest BCUT2D eigenvalue weighted by Gasteiger charge is 2.51. The minimum absolute atomic E-state index is 0.360. The number of nitriles is 1. The molecule has 4 saturated carbocycles. The van der Waals surface area contributed by atoms with E-state index in [1.807, 2.05) is 42.5 Å². The topological polar surface area (TPSA) is 67.4 Å². The van der Waals surface area contributed by atoms with Gasteiger partial charge in [-0.1, -0.05) is 72.8 Å². The second kappa shape index (κ2) is 11.0. The van der Waals surface area contributed by atoms with Gasteiger partial charge >= 0.3 is 0 Å². The minimum Gasteiger partial charge on any atom is -0.309 e. The van der Waals surface area contributed by atoms with E-state index in [4.69, 9.17) is 15.0 Å². The molecule has 4 aliphatic rings. The number of para-hydroxylation sites is 1. The van der Waals surface area contributed by atoms with E-state index in [1.54, 1.807) is 0 Å². The van der Waals surface area contributed by atoms with Crippen LogP contribution in [0.2, 0.25) is 0 Å². The third-order valence-corrected chi connectivity index (χ3v) is 11.6. The number of aromatic nitrogens is 4. The molecule has 236 valence electrons. The molecule has 0 unspecified atom stereocenters. The molecule has 2 heterocycles. The van der Waals surface area contributed by atoms with Crippen LogP contribution in [0.1, 0.15) is 49.7 Å². The minimum atomic E-state index is 0.360. The lowest BCUT2D eigenvalue weighted by Crippen LogP contribution is -2.48. The van der Waals surface area contributed by atoms with Crippen LogP contribution >= 0.6 is 0 Å². The third kappa shape index (κ3) is 4.70. The molecule has 0 amide bonds. The van der Waals surface area contributed by atoms with Crippen molar-refractivity contribution in [1.29, 1.82) is 5.26 Å². The van der Waals surface area contributed by atoms with E-state index in [1.165, 1.54) is 44.1 Å². The molecule has 0 saturated heterocycles. The van der Waals surface area contributed by atoms with Crippen molar-refractivity contribution in [2.45, 2.75) is 43.9 Å². The number of nitrogens with zero attached hydrogens (tertiary/aromatic N) is 5. The normalized spacial score (nSPS) is 22.5. The fourth-order valence-electron chi connectivity index (χ4n) is 9.86. The molecular weight excluding hydrogens is 599 g/mol. The Morgan fingerprint density at radius 2 is 1.10 bits per heavy atom. The van der Waals surface area contributed by atoms with Gasteiger partial charge in [0.05, 0.1) is 22.7 Å². The van der Waals surface area contributed by atoms with Crippen LogP contribution in [0.15, 0.2) is 121 Å². The van der Waals surface area contributed by atoms with E-state index in [0.717, 1.165) is 61.9 Å². The van der Waals surface area contributed by atoms with Gasteiger partial charge in [0.1, 0.15) is 0 Å². The lowest BCUT2D eigenvalue weighted by molar-refractivity contribution is -0.00518. The molecular formula is C44H35N5. The lowest BCUT2D eigenvalue weighted by atomic mass is 9.48. The number of fused-ring (bicyclic) bond motifs is 3. The van der Waals surface area contributed by atoms with Crippen LogP contribution in [-0.4, -0.2) is 19.5 Å². The Balaban J connectivity index is 1.08. The Kier molecular flexibility index (Phi) is 6.36. The zero-order valence-corrected chi connectivity index (χ0v) is 27.3. The smallest absolute Gasteiger partial charge is 0.164 e. The summed E-state index contributed by atoms with van der Waals surface area (Å²) in [5.41, 5.74) is 8.67. The van der Waals surface area contributed by atoms with Crippen molar-refractivity contribution in [3.8, 4) is 45.9 Å². The van der Waals surface area contributed by atoms with Crippen LogP contribution in [0.3, 0.4) is 0 Å². The second-order valence-electron chi connectivity index (χ2n) is 14.7. The van der Waals surface area contributed by atoms with Gasteiger partial charge in [-0.3, -0.25) is 0 Å². The maximum atomic E-state index is 9.36. The molecule has 0 aliphatic heterocycles. The van der Waals surface area contributed by atoms with Crippen LogP contribution < -0.4 is 0 Å². The molecule has 7 aromatic rings. The van der Waals surface area contributed by atoms with E-state index >= 15 is 0 Å². The summed E-state index contributed by atoms with van der Waals surface area (Å²) in [5, 5.41) is 11.6. The van der Waals surface area contributed by atoms with E-state index in [2.05, 4.69) is 89.5 Å². The van der Waals surface area contributed by atoms with Gasteiger partial charge < -0.3 is 4.57 Å². The predicted molar refractivity (Wildman–Crippen MR) is 195 cm³/mol. The molecule has 4 aliphatic carbocycles. The van der Waals surface area contributed by atoms with Crippen LogP contribution in [0.5, 0.6) is 0 Å².